The molecule has 1 atom stereocenters. The van der Waals surface area contributed by atoms with E-state index in [9.17, 15) is 23.2 Å². The minimum atomic E-state index is -1.01. The van der Waals surface area contributed by atoms with Crippen LogP contribution in [0.25, 0.3) is 22.3 Å². The number of fused-ring (bicyclic) bond motifs is 1. The molecular weight excluding hydrogens is 728 g/mol. The molecule has 3 amide bonds. The van der Waals surface area contributed by atoms with Crippen LogP contribution in [0.15, 0.2) is 61.4 Å². The number of imidazole rings is 1. The van der Waals surface area contributed by atoms with E-state index in [0.29, 0.717) is 54.0 Å². The number of piperidine rings is 1. The molecule has 5 heterocycles. The van der Waals surface area contributed by atoms with E-state index >= 15 is 0 Å². The van der Waals surface area contributed by atoms with Crippen LogP contribution < -0.4 is 15.1 Å². The predicted molar refractivity (Wildman–Crippen MR) is 203 cm³/mol. The van der Waals surface area contributed by atoms with E-state index in [1.54, 1.807) is 84.1 Å². The second-order valence-corrected chi connectivity index (χ2v) is 15.6. The summed E-state index contributed by atoms with van der Waals surface area (Å²) in [7, 11) is 3.11. The van der Waals surface area contributed by atoms with Crippen molar-refractivity contribution in [2.75, 3.05) is 30.0 Å². The number of benzene rings is 1. The summed E-state index contributed by atoms with van der Waals surface area (Å²) in [5.41, 5.74) is 0.944. The van der Waals surface area contributed by atoms with Crippen LogP contribution >= 0.6 is 0 Å². The van der Waals surface area contributed by atoms with E-state index in [2.05, 4.69) is 30.3 Å². The third-order valence-electron chi connectivity index (χ3n) is 9.02. The number of aromatic nitrogens is 6. The molecule has 17 heteroatoms. The number of hydrogen-bond acceptors (Lipinski definition) is 11. The normalized spacial score (nSPS) is 16.1. The van der Waals surface area contributed by atoms with Gasteiger partial charge in [0, 0.05) is 43.7 Å². The molecule has 1 aliphatic heterocycles. The molecule has 0 saturated carbocycles. The van der Waals surface area contributed by atoms with E-state index in [0.717, 1.165) is 22.6 Å². The Hall–Kier alpha value is -6.13. The number of pyridine rings is 2. The molecule has 296 valence electrons. The van der Waals surface area contributed by atoms with Crippen molar-refractivity contribution in [1.29, 1.82) is 0 Å². The van der Waals surface area contributed by atoms with Crippen molar-refractivity contribution in [3.63, 3.8) is 0 Å². The standard InChI is InChI=1S/C39H45F2N9O6/c1-37(2,3)55-35(52)50(36(53)56-38(4,5)6)33-32-30(12-14-42-33)49(23-44-32)20-25-17-29(24-10-11-27(40)28(41)16-24)43-19-31(25)48-15-9-13-39(22-48,46-34(51)54-8)26-18-45-47(7)21-26/h10-12,14,16-19,21,23H,9,13,15,20,22H2,1-8H3,(H,46,51). The number of halogens is 2. The number of hydrogen-bond donors (Lipinski definition) is 1. The van der Waals surface area contributed by atoms with Gasteiger partial charge in [-0.1, -0.05) is 0 Å². The zero-order valence-corrected chi connectivity index (χ0v) is 32.6. The molecule has 4 aromatic heterocycles. The van der Waals surface area contributed by atoms with Crippen molar-refractivity contribution >= 4 is 40.8 Å². The van der Waals surface area contributed by atoms with E-state index in [-0.39, 0.29) is 17.9 Å². The molecule has 0 bridgehead atoms. The zero-order valence-electron chi connectivity index (χ0n) is 32.6. The molecule has 0 aliphatic carbocycles. The minimum Gasteiger partial charge on any atom is -0.453 e. The number of carbonyl (C=O) groups excluding carboxylic acids is 3. The molecule has 15 nitrogen and oxygen atoms in total. The molecule has 5 aromatic rings. The second-order valence-electron chi connectivity index (χ2n) is 15.6. The van der Waals surface area contributed by atoms with Crippen LogP contribution in [0.1, 0.15) is 65.5 Å². The fourth-order valence-corrected chi connectivity index (χ4v) is 6.61. The van der Waals surface area contributed by atoms with Crippen LogP contribution in [0, 0.1) is 11.6 Å². The topological polar surface area (TPSA) is 159 Å². The van der Waals surface area contributed by atoms with E-state index < -0.39 is 46.7 Å². The molecule has 1 fully saturated rings. The van der Waals surface area contributed by atoms with Gasteiger partial charge >= 0.3 is 18.3 Å². The summed E-state index contributed by atoms with van der Waals surface area (Å²) in [6.45, 7) is 11.2. The van der Waals surface area contributed by atoms with Gasteiger partial charge in [0.15, 0.2) is 17.5 Å². The van der Waals surface area contributed by atoms with E-state index in [1.165, 1.54) is 19.4 Å². The summed E-state index contributed by atoms with van der Waals surface area (Å²) in [6, 6.07) is 7.06. The van der Waals surface area contributed by atoms with Crippen LogP contribution in [0.4, 0.5) is 34.7 Å². The van der Waals surface area contributed by atoms with E-state index in [4.69, 9.17) is 14.2 Å². The molecular formula is C39H45F2N9O6. The zero-order chi connectivity index (χ0) is 40.6. The van der Waals surface area contributed by atoms with E-state index in [1.807, 2.05) is 10.8 Å². The molecule has 1 N–H and O–H groups in total. The third kappa shape index (κ3) is 8.56. The highest BCUT2D eigenvalue weighted by atomic mass is 19.2. The molecule has 56 heavy (non-hydrogen) atoms. The van der Waals surface area contributed by atoms with Crippen LogP contribution in [0.5, 0.6) is 0 Å². The first kappa shape index (κ1) is 39.6. The van der Waals surface area contributed by atoms with Crippen molar-refractivity contribution < 1.29 is 37.4 Å². The molecule has 1 aliphatic rings. The Kier molecular flexibility index (Phi) is 10.7. The Morgan fingerprint density at radius 2 is 1.66 bits per heavy atom. The summed E-state index contributed by atoms with van der Waals surface area (Å²) < 4.78 is 48.1. The number of methoxy groups -OCH3 is 1. The molecule has 1 unspecified atom stereocenters. The lowest BCUT2D eigenvalue weighted by Crippen LogP contribution is -2.56. The number of nitrogens with one attached hydrogen (secondary N) is 1. The van der Waals surface area contributed by atoms with Gasteiger partial charge in [-0.2, -0.15) is 10.00 Å². The molecule has 1 saturated heterocycles. The number of ether oxygens (including phenoxy) is 3. The maximum atomic E-state index is 14.4. The largest absolute Gasteiger partial charge is 0.453 e. The van der Waals surface area contributed by atoms with Crippen molar-refractivity contribution in [3.8, 4) is 11.3 Å². The number of imide groups is 1. The third-order valence-corrected chi connectivity index (χ3v) is 9.02. The Labute approximate surface area is 322 Å². The van der Waals surface area contributed by atoms with Gasteiger partial charge in [-0.05, 0) is 90.3 Å². The predicted octanol–water partition coefficient (Wildman–Crippen LogP) is 7.08. The maximum Gasteiger partial charge on any atom is 0.425 e. The van der Waals surface area contributed by atoms with Crippen molar-refractivity contribution in [1.82, 2.24) is 34.6 Å². The number of anilines is 2. The van der Waals surface area contributed by atoms with Crippen LogP contribution in [-0.4, -0.2) is 79.0 Å². The van der Waals surface area contributed by atoms with Crippen LogP contribution in [-0.2, 0) is 33.3 Å². The van der Waals surface area contributed by atoms with Gasteiger partial charge in [-0.3, -0.25) is 9.67 Å². The Morgan fingerprint density at radius 1 is 0.946 bits per heavy atom. The summed E-state index contributed by atoms with van der Waals surface area (Å²) in [5, 5.41) is 7.41. The second kappa shape index (κ2) is 15.2. The number of carbonyl (C=O) groups is 3. The van der Waals surface area contributed by atoms with Gasteiger partial charge in [0.1, 0.15) is 16.7 Å². The number of amides is 3. The van der Waals surface area contributed by atoms with Gasteiger partial charge in [0.05, 0.1) is 54.8 Å². The highest BCUT2D eigenvalue weighted by Gasteiger charge is 2.41. The average molecular weight is 774 g/mol. The smallest absolute Gasteiger partial charge is 0.425 e. The quantitative estimate of drug-likeness (QED) is 0.169. The fourth-order valence-electron chi connectivity index (χ4n) is 6.61. The lowest BCUT2D eigenvalue weighted by Gasteiger charge is -2.44. The van der Waals surface area contributed by atoms with Crippen molar-refractivity contribution in [2.45, 2.75) is 77.7 Å². The molecule has 1 aromatic carbocycles. The van der Waals surface area contributed by atoms with Gasteiger partial charge in [0.2, 0.25) is 0 Å². The summed E-state index contributed by atoms with van der Waals surface area (Å²) in [4.78, 5) is 56.3. The Morgan fingerprint density at radius 3 is 2.29 bits per heavy atom. The average Bonchev–Trinajstić information content (AvgIpc) is 3.75. The first-order valence-electron chi connectivity index (χ1n) is 18.0. The first-order valence-corrected chi connectivity index (χ1v) is 18.0. The van der Waals surface area contributed by atoms with Gasteiger partial charge < -0.3 is 29.0 Å². The highest BCUT2D eigenvalue weighted by Crippen LogP contribution is 2.37. The maximum absolute atomic E-state index is 14.4. The highest BCUT2D eigenvalue weighted by molar-refractivity contribution is 6.12. The summed E-state index contributed by atoms with van der Waals surface area (Å²) >= 11 is 0. The van der Waals surface area contributed by atoms with Gasteiger partial charge in [-0.25, -0.2) is 33.1 Å². The van der Waals surface area contributed by atoms with Crippen molar-refractivity contribution in [3.05, 3.63) is 84.2 Å². The lowest BCUT2D eigenvalue weighted by molar-refractivity contribution is 0.0429. The number of nitrogens with zero attached hydrogens (tertiary/aromatic N) is 8. The lowest BCUT2D eigenvalue weighted by atomic mass is 9.83. The molecule has 6 rings (SSSR count). The Balaban J connectivity index is 1.45. The number of alkyl carbamates (subject to hydrolysis) is 1. The van der Waals surface area contributed by atoms with Gasteiger partial charge in [-0.15, -0.1) is 0 Å². The van der Waals surface area contributed by atoms with Crippen LogP contribution in [0.3, 0.4) is 0 Å². The first-order chi connectivity index (χ1) is 26.4. The number of aryl methyl sites for hydroxylation is 1. The summed E-state index contributed by atoms with van der Waals surface area (Å²) in [5.74, 6) is -2.08. The molecule has 0 spiro atoms. The SMILES string of the molecule is COC(=O)NC1(c2cnn(C)c2)CCCN(c2cnc(-c3ccc(F)c(F)c3)cc2Cn2cnc3c(N(C(=O)OC(C)(C)C)C(=O)OC(C)(C)C)nccc32)C1. The minimum absolute atomic E-state index is 0.0895. The monoisotopic (exact) mass is 773 g/mol. The molecule has 0 radical (unpaired) electrons. The van der Waals surface area contributed by atoms with Gasteiger partial charge in [0.25, 0.3) is 0 Å². The van der Waals surface area contributed by atoms with Crippen molar-refractivity contribution in [2.24, 2.45) is 7.05 Å². The number of rotatable bonds is 7. The fraction of sp³-hybridized carbons (Fsp3) is 0.410. The Bertz CT molecular complexity index is 2250. The van der Waals surface area contributed by atoms with Crippen LogP contribution in [0.2, 0.25) is 0 Å². The summed E-state index contributed by atoms with van der Waals surface area (Å²) in [6.07, 6.45) is 6.94.